The van der Waals surface area contributed by atoms with Crippen molar-refractivity contribution in [1.29, 1.82) is 0 Å². The van der Waals surface area contributed by atoms with Gasteiger partial charge in [-0.2, -0.15) is 0 Å². The van der Waals surface area contributed by atoms with Gasteiger partial charge in [0, 0.05) is 11.8 Å². The molecule has 2 N–H and O–H groups in total. The molecule has 2 fully saturated rings. The van der Waals surface area contributed by atoms with Gasteiger partial charge in [0.05, 0.1) is 26.3 Å². The number of hydrogen-bond donors (Lipinski definition) is 2. The number of aliphatic hydroxyl groups excluding tert-OH is 2. The van der Waals surface area contributed by atoms with Crippen molar-refractivity contribution >= 4 is 0 Å². The molecule has 0 amide bonds. The summed E-state index contributed by atoms with van der Waals surface area (Å²) in [6.07, 6.45) is 5.53. The Morgan fingerprint density at radius 2 is 1.33 bits per heavy atom. The fourth-order valence-electron chi connectivity index (χ4n) is 3.74. The molecule has 0 aromatic heterocycles. The Kier molecular flexibility index (Phi) is 3.65. The first kappa shape index (κ1) is 11.4. The standard InChI is InChI=1S/C12H24NO2/c14-7-5-13(6-8-15)9-11-3-1-2-4-12(11)10-13/h11-12,14-15H,1-10H2/q+1. The van der Waals surface area contributed by atoms with Gasteiger partial charge in [0.15, 0.2) is 0 Å². The lowest BCUT2D eigenvalue weighted by Gasteiger charge is -2.33. The summed E-state index contributed by atoms with van der Waals surface area (Å²) in [5.41, 5.74) is 0. The maximum absolute atomic E-state index is 9.15. The fraction of sp³-hybridized carbons (Fsp3) is 1.00. The van der Waals surface area contributed by atoms with Crippen LogP contribution in [0.25, 0.3) is 0 Å². The van der Waals surface area contributed by atoms with Crippen molar-refractivity contribution < 1.29 is 14.7 Å². The maximum Gasteiger partial charge on any atom is 0.102 e. The first-order chi connectivity index (χ1) is 7.29. The van der Waals surface area contributed by atoms with Crippen molar-refractivity contribution in [3.05, 3.63) is 0 Å². The molecule has 2 aliphatic rings. The zero-order chi connectivity index (χ0) is 10.7. The highest BCUT2D eigenvalue weighted by Crippen LogP contribution is 2.39. The number of rotatable bonds is 4. The maximum atomic E-state index is 9.15. The molecule has 3 heteroatoms. The summed E-state index contributed by atoms with van der Waals surface area (Å²) in [6.45, 7) is 4.61. The Hall–Kier alpha value is -0.120. The van der Waals surface area contributed by atoms with Gasteiger partial charge in [-0.15, -0.1) is 0 Å². The van der Waals surface area contributed by atoms with Crippen molar-refractivity contribution in [2.45, 2.75) is 25.7 Å². The summed E-state index contributed by atoms with van der Waals surface area (Å²) in [4.78, 5) is 0. The molecule has 0 spiro atoms. The summed E-state index contributed by atoms with van der Waals surface area (Å²) in [5, 5.41) is 18.3. The van der Waals surface area contributed by atoms with Crippen LogP contribution in [0.2, 0.25) is 0 Å². The zero-order valence-corrected chi connectivity index (χ0v) is 9.57. The largest absolute Gasteiger partial charge is 0.391 e. The molecule has 1 saturated carbocycles. The average molecular weight is 214 g/mol. The molecule has 2 atom stereocenters. The highest BCUT2D eigenvalue weighted by Gasteiger charge is 2.44. The normalized spacial score (nSPS) is 34.0. The van der Waals surface area contributed by atoms with E-state index < -0.39 is 0 Å². The number of aliphatic hydroxyl groups is 2. The minimum absolute atomic E-state index is 0.263. The molecule has 0 aromatic carbocycles. The lowest BCUT2D eigenvalue weighted by Crippen LogP contribution is -2.50. The van der Waals surface area contributed by atoms with Gasteiger partial charge in [-0.25, -0.2) is 0 Å². The second-order valence-corrected chi connectivity index (χ2v) is 5.41. The summed E-state index contributed by atoms with van der Waals surface area (Å²) in [5.74, 6) is 1.74. The summed E-state index contributed by atoms with van der Waals surface area (Å²) >= 11 is 0. The average Bonchev–Trinajstić information content (AvgIpc) is 2.56. The minimum atomic E-state index is 0.263. The number of likely N-dealkylation sites (tertiary alicyclic amines) is 1. The van der Waals surface area contributed by atoms with Crippen molar-refractivity contribution in [1.82, 2.24) is 0 Å². The molecule has 0 radical (unpaired) electrons. The first-order valence-corrected chi connectivity index (χ1v) is 6.36. The van der Waals surface area contributed by atoms with E-state index in [9.17, 15) is 0 Å². The molecule has 1 aliphatic heterocycles. The van der Waals surface area contributed by atoms with Crippen LogP contribution in [-0.2, 0) is 0 Å². The third kappa shape index (κ3) is 2.35. The highest BCUT2D eigenvalue weighted by molar-refractivity contribution is 4.80. The molecule has 88 valence electrons. The summed E-state index contributed by atoms with van der Waals surface area (Å²) in [6, 6.07) is 0. The SMILES string of the molecule is OCC[N+]1(CCO)CC2CCCCC2C1. The van der Waals surface area contributed by atoms with E-state index in [0.717, 1.165) is 29.4 Å². The van der Waals surface area contributed by atoms with Crippen LogP contribution in [0.1, 0.15) is 25.7 Å². The highest BCUT2D eigenvalue weighted by atomic mass is 16.3. The Bertz CT molecular complexity index is 186. The molecule has 2 unspecified atom stereocenters. The van der Waals surface area contributed by atoms with Gasteiger partial charge in [-0.3, -0.25) is 0 Å². The summed E-state index contributed by atoms with van der Waals surface area (Å²) < 4.78 is 0.975. The van der Waals surface area contributed by atoms with Crippen LogP contribution in [0.3, 0.4) is 0 Å². The van der Waals surface area contributed by atoms with E-state index in [1.54, 1.807) is 0 Å². The summed E-state index contributed by atoms with van der Waals surface area (Å²) in [7, 11) is 0. The van der Waals surface area contributed by atoms with E-state index in [1.165, 1.54) is 38.8 Å². The lowest BCUT2D eigenvalue weighted by molar-refractivity contribution is -0.919. The molecule has 3 nitrogen and oxygen atoms in total. The third-order valence-electron chi connectivity index (χ3n) is 4.46. The van der Waals surface area contributed by atoms with Crippen molar-refractivity contribution in [3.8, 4) is 0 Å². The molecule has 1 heterocycles. The Morgan fingerprint density at radius 1 is 0.867 bits per heavy atom. The van der Waals surface area contributed by atoms with Crippen LogP contribution in [0.5, 0.6) is 0 Å². The van der Waals surface area contributed by atoms with Crippen LogP contribution in [0.15, 0.2) is 0 Å². The molecule has 1 aliphatic carbocycles. The minimum Gasteiger partial charge on any atom is -0.391 e. The van der Waals surface area contributed by atoms with Crippen molar-refractivity contribution in [2.24, 2.45) is 11.8 Å². The number of hydrogen-bond acceptors (Lipinski definition) is 2. The molecular weight excluding hydrogens is 190 g/mol. The van der Waals surface area contributed by atoms with Gasteiger partial charge < -0.3 is 14.7 Å². The topological polar surface area (TPSA) is 40.5 Å². The smallest absolute Gasteiger partial charge is 0.102 e. The lowest BCUT2D eigenvalue weighted by atomic mass is 9.82. The second-order valence-electron chi connectivity index (χ2n) is 5.41. The van der Waals surface area contributed by atoms with E-state index in [-0.39, 0.29) is 13.2 Å². The van der Waals surface area contributed by atoms with E-state index in [4.69, 9.17) is 10.2 Å². The van der Waals surface area contributed by atoms with E-state index in [2.05, 4.69) is 0 Å². The van der Waals surface area contributed by atoms with Crippen molar-refractivity contribution in [2.75, 3.05) is 39.4 Å². The number of fused-ring (bicyclic) bond motifs is 1. The monoisotopic (exact) mass is 214 g/mol. The van der Waals surface area contributed by atoms with Crippen LogP contribution >= 0.6 is 0 Å². The predicted octanol–water partition coefficient (Wildman–Crippen LogP) is 0.608. The van der Waals surface area contributed by atoms with Crippen LogP contribution in [0, 0.1) is 11.8 Å². The molecule has 15 heavy (non-hydrogen) atoms. The van der Waals surface area contributed by atoms with Crippen LogP contribution in [0.4, 0.5) is 0 Å². The van der Waals surface area contributed by atoms with Gasteiger partial charge in [0.1, 0.15) is 13.1 Å². The quantitative estimate of drug-likeness (QED) is 0.673. The predicted molar refractivity (Wildman–Crippen MR) is 59.3 cm³/mol. The second kappa shape index (κ2) is 4.81. The Balaban J connectivity index is 2.01. The fourth-order valence-corrected chi connectivity index (χ4v) is 3.74. The van der Waals surface area contributed by atoms with Gasteiger partial charge in [0.25, 0.3) is 0 Å². The van der Waals surface area contributed by atoms with Crippen molar-refractivity contribution in [3.63, 3.8) is 0 Å². The first-order valence-electron chi connectivity index (χ1n) is 6.36. The molecule has 0 bridgehead atoms. The third-order valence-corrected chi connectivity index (χ3v) is 4.46. The Labute approximate surface area is 92.3 Å². The van der Waals surface area contributed by atoms with Crippen LogP contribution < -0.4 is 0 Å². The number of nitrogens with zero attached hydrogens (tertiary/aromatic N) is 1. The molecule has 2 rings (SSSR count). The zero-order valence-electron chi connectivity index (χ0n) is 9.57. The van der Waals surface area contributed by atoms with E-state index in [0.29, 0.717) is 0 Å². The molecule has 0 aromatic rings. The van der Waals surface area contributed by atoms with Crippen LogP contribution in [-0.4, -0.2) is 54.1 Å². The van der Waals surface area contributed by atoms with Gasteiger partial charge in [-0.05, 0) is 12.8 Å². The van der Waals surface area contributed by atoms with E-state index in [1.807, 2.05) is 0 Å². The van der Waals surface area contributed by atoms with Gasteiger partial charge in [0.2, 0.25) is 0 Å². The van der Waals surface area contributed by atoms with Gasteiger partial charge >= 0.3 is 0 Å². The Morgan fingerprint density at radius 3 is 1.73 bits per heavy atom. The molecular formula is C12H24NO2+. The van der Waals surface area contributed by atoms with E-state index >= 15 is 0 Å². The number of quaternary nitrogens is 1. The molecule has 1 saturated heterocycles. The van der Waals surface area contributed by atoms with Gasteiger partial charge in [-0.1, -0.05) is 12.8 Å².